The monoisotopic (exact) mass is 400 g/mol. The summed E-state index contributed by atoms with van der Waals surface area (Å²) in [7, 11) is 0. The van der Waals surface area contributed by atoms with Crippen molar-refractivity contribution in [3.05, 3.63) is 78.1 Å². The number of amides is 2. The second-order valence-corrected chi connectivity index (χ2v) is 6.70. The third-order valence-corrected chi connectivity index (χ3v) is 4.68. The molecular formula is C23H17FN4O2. The highest BCUT2D eigenvalue weighted by atomic mass is 19.1. The van der Waals surface area contributed by atoms with E-state index in [4.69, 9.17) is 0 Å². The molecule has 0 spiro atoms. The van der Waals surface area contributed by atoms with Crippen molar-refractivity contribution in [2.45, 2.75) is 6.92 Å². The zero-order chi connectivity index (χ0) is 21.1. The van der Waals surface area contributed by atoms with Crippen molar-refractivity contribution >= 4 is 29.4 Å². The summed E-state index contributed by atoms with van der Waals surface area (Å²) in [5.74, 6) is -1.10. The van der Waals surface area contributed by atoms with E-state index in [0.717, 1.165) is 45.1 Å². The fourth-order valence-corrected chi connectivity index (χ4v) is 3.24. The quantitative estimate of drug-likeness (QED) is 0.391. The Morgan fingerprint density at radius 3 is 2.77 bits per heavy atom. The van der Waals surface area contributed by atoms with Crippen molar-refractivity contribution < 1.29 is 14.0 Å². The minimum atomic E-state index is -0.623. The summed E-state index contributed by atoms with van der Waals surface area (Å²) in [5.41, 5.74) is 5.47. The van der Waals surface area contributed by atoms with Gasteiger partial charge in [0.05, 0.1) is 0 Å². The number of imide groups is 1. The van der Waals surface area contributed by atoms with Gasteiger partial charge in [0.2, 0.25) is 12.3 Å². The second-order valence-electron chi connectivity index (χ2n) is 6.70. The number of hydrogen-bond donors (Lipinski definition) is 2. The summed E-state index contributed by atoms with van der Waals surface area (Å²) in [5, 5.41) is 2.91. The van der Waals surface area contributed by atoms with Crippen molar-refractivity contribution in [3.63, 3.8) is 0 Å². The standard InChI is InChI=1S/C23H17FN4O2/c1-14-8-16(6-7-25-14)20-12-27-23-19(20)10-18(11-26-23)15-2-4-21(24)17(9-15)3-5-22(30)28-13-29/h2-13H,1H3,(H,26,27)(H,28,29,30). The molecule has 4 rings (SSSR count). The van der Waals surface area contributed by atoms with Gasteiger partial charge in [-0.25, -0.2) is 9.37 Å². The Morgan fingerprint density at radius 2 is 1.97 bits per heavy atom. The zero-order valence-electron chi connectivity index (χ0n) is 16.0. The number of halogens is 1. The molecule has 0 aliphatic carbocycles. The maximum atomic E-state index is 14.2. The summed E-state index contributed by atoms with van der Waals surface area (Å²) in [6.07, 6.45) is 8.08. The van der Waals surface area contributed by atoms with Crippen LogP contribution >= 0.6 is 0 Å². The summed E-state index contributed by atoms with van der Waals surface area (Å²) >= 11 is 0. The van der Waals surface area contributed by atoms with E-state index in [0.29, 0.717) is 0 Å². The van der Waals surface area contributed by atoms with Crippen molar-refractivity contribution in [1.29, 1.82) is 0 Å². The molecule has 2 amide bonds. The summed E-state index contributed by atoms with van der Waals surface area (Å²) in [6, 6.07) is 10.6. The Morgan fingerprint density at radius 1 is 1.10 bits per heavy atom. The lowest BCUT2D eigenvalue weighted by Gasteiger charge is -2.06. The summed E-state index contributed by atoms with van der Waals surface area (Å²) in [6.45, 7) is 1.94. The number of aryl methyl sites for hydroxylation is 1. The molecule has 0 fully saturated rings. The lowest BCUT2D eigenvalue weighted by Crippen LogP contribution is -2.18. The van der Waals surface area contributed by atoms with Crippen molar-refractivity contribution in [2.75, 3.05) is 0 Å². The van der Waals surface area contributed by atoms with Gasteiger partial charge in [-0.1, -0.05) is 6.07 Å². The van der Waals surface area contributed by atoms with Gasteiger partial charge in [0, 0.05) is 52.4 Å². The van der Waals surface area contributed by atoms with Gasteiger partial charge in [-0.05, 0) is 54.5 Å². The summed E-state index contributed by atoms with van der Waals surface area (Å²) < 4.78 is 14.2. The molecule has 0 radical (unpaired) electrons. The second kappa shape index (κ2) is 8.08. The molecule has 0 aliphatic heterocycles. The molecule has 2 N–H and O–H groups in total. The van der Waals surface area contributed by atoms with E-state index in [2.05, 4.69) is 15.0 Å². The number of aromatic amines is 1. The predicted octanol–water partition coefficient (Wildman–Crippen LogP) is 4.03. The van der Waals surface area contributed by atoms with Gasteiger partial charge in [0.15, 0.2) is 0 Å². The number of hydrogen-bond acceptors (Lipinski definition) is 4. The molecule has 0 bridgehead atoms. The van der Waals surface area contributed by atoms with E-state index in [1.165, 1.54) is 12.1 Å². The number of H-pyrrole nitrogens is 1. The van der Waals surface area contributed by atoms with Gasteiger partial charge in [-0.2, -0.15) is 0 Å². The molecule has 1 aromatic carbocycles. The van der Waals surface area contributed by atoms with Gasteiger partial charge in [-0.3, -0.25) is 19.9 Å². The van der Waals surface area contributed by atoms with Crippen LogP contribution in [0.25, 0.3) is 39.4 Å². The minimum absolute atomic E-state index is 0.229. The van der Waals surface area contributed by atoms with Gasteiger partial charge in [-0.15, -0.1) is 0 Å². The lowest BCUT2D eigenvalue weighted by molar-refractivity contribution is -0.121. The fraction of sp³-hybridized carbons (Fsp3) is 0.0435. The number of pyridine rings is 2. The van der Waals surface area contributed by atoms with Crippen molar-refractivity contribution in [3.8, 4) is 22.3 Å². The van der Waals surface area contributed by atoms with E-state index >= 15 is 0 Å². The molecule has 4 aromatic rings. The molecular weight excluding hydrogens is 383 g/mol. The van der Waals surface area contributed by atoms with Crippen LogP contribution in [0.15, 0.2) is 61.1 Å². The normalized spacial score (nSPS) is 11.1. The van der Waals surface area contributed by atoms with Gasteiger partial charge in [0.25, 0.3) is 0 Å². The lowest BCUT2D eigenvalue weighted by atomic mass is 10.0. The number of carbonyl (C=O) groups excluding carboxylic acids is 2. The van der Waals surface area contributed by atoms with Gasteiger partial charge >= 0.3 is 0 Å². The fourth-order valence-electron chi connectivity index (χ4n) is 3.24. The highest BCUT2D eigenvalue weighted by Gasteiger charge is 2.11. The van der Waals surface area contributed by atoms with Crippen LogP contribution in [0.1, 0.15) is 11.3 Å². The van der Waals surface area contributed by atoms with E-state index in [9.17, 15) is 14.0 Å². The predicted molar refractivity (Wildman–Crippen MR) is 113 cm³/mol. The Balaban J connectivity index is 1.75. The van der Waals surface area contributed by atoms with Crippen LogP contribution in [0.2, 0.25) is 0 Å². The Hall–Kier alpha value is -4.13. The third-order valence-electron chi connectivity index (χ3n) is 4.68. The molecule has 6 nitrogen and oxygen atoms in total. The molecule has 0 aliphatic rings. The topological polar surface area (TPSA) is 87.7 Å². The number of aromatic nitrogens is 3. The first-order chi connectivity index (χ1) is 14.5. The molecule has 3 aromatic heterocycles. The molecule has 0 saturated carbocycles. The highest BCUT2D eigenvalue weighted by Crippen LogP contribution is 2.31. The van der Waals surface area contributed by atoms with Crippen LogP contribution in [0.3, 0.4) is 0 Å². The first kappa shape index (κ1) is 19.2. The SMILES string of the molecule is Cc1cc(-c2c[nH]c3ncc(-c4ccc(F)c(C=CC(=O)NC=O)c4)cc23)ccn1. The number of nitrogens with one attached hydrogen (secondary N) is 2. The first-order valence-corrected chi connectivity index (χ1v) is 9.17. The molecule has 0 unspecified atom stereocenters. The van der Waals surface area contributed by atoms with Crippen molar-refractivity contribution in [1.82, 2.24) is 20.3 Å². The van der Waals surface area contributed by atoms with Crippen LogP contribution in [0, 0.1) is 12.7 Å². The number of carbonyl (C=O) groups is 2. The third kappa shape index (κ3) is 3.86. The van der Waals surface area contributed by atoms with Crippen molar-refractivity contribution in [2.24, 2.45) is 0 Å². The Bertz CT molecular complexity index is 1290. The van der Waals surface area contributed by atoms with Crippen LogP contribution in [0.4, 0.5) is 4.39 Å². The van der Waals surface area contributed by atoms with E-state index in [1.54, 1.807) is 24.5 Å². The number of rotatable bonds is 5. The smallest absolute Gasteiger partial charge is 0.250 e. The van der Waals surface area contributed by atoms with Gasteiger partial charge in [0.1, 0.15) is 11.5 Å². The number of benzene rings is 1. The maximum Gasteiger partial charge on any atom is 0.250 e. The molecule has 3 heterocycles. The first-order valence-electron chi connectivity index (χ1n) is 9.17. The minimum Gasteiger partial charge on any atom is -0.346 e. The van der Waals surface area contributed by atoms with Crippen LogP contribution in [-0.4, -0.2) is 27.3 Å². The van der Waals surface area contributed by atoms with Crippen LogP contribution < -0.4 is 5.32 Å². The number of fused-ring (bicyclic) bond motifs is 1. The van der Waals surface area contributed by atoms with Crippen LogP contribution in [-0.2, 0) is 9.59 Å². The van der Waals surface area contributed by atoms with E-state index in [1.807, 2.05) is 36.6 Å². The maximum absolute atomic E-state index is 14.2. The molecule has 7 heteroatoms. The van der Waals surface area contributed by atoms with Gasteiger partial charge < -0.3 is 4.98 Å². The van der Waals surface area contributed by atoms with E-state index in [-0.39, 0.29) is 12.0 Å². The largest absolute Gasteiger partial charge is 0.346 e. The average molecular weight is 400 g/mol. The van der Waals surface area contributed by atoms with Crippen LogP contribution in [0.5, 0.6) is 0 Å². The van der Waals surface area contributed by atoms with E-state index < -0.39 is 11.7 Å². The molecule has 0 atom stereocenters. The highest BCUT2D eigenvalue weighted by molar-refractivity contribution is 5.98. The zero-order valence-corrected chi connectivity index (χ0v) is 16.0. The number of nitrogens with zero attached hydrogens (tertiary/aromatic N) is 2. The average Bonchev–Trinajstić information content (AvgIpc) is 3.16. The Labute approximate surface area is 171 Å². The molecule has 148 valence electrons. The molecule has 30 heavy (non-hydrogen) atoms. The molecule has 0 saturated heterocycles. The Kier molecular flexibility index (Phi) is 5.17. The summed E-state index contributed by atoms with van der Waals surface area (Å²) in [4.78, 5) is 33.6.